The molecule has 1 fully saturated rings. The molecule has 2 aliphatic heterocycles. The highest BCUT2D eigenvalue weighted by Crippen LogP contribution is 2.44. The van der Waals surface area contributed by atoms with E-state index in [-0.39, 0.29) is 11.5 Å². The van der Waals surface area contributed by atoms with E-state index in [4.69, 9.17) is 9.84 Å². The summed E-state index contributed by atoms with van der Waals surface area (Å²) < 4.78 is 7.69. The van der Waals surface area contributed by atoms with Crippen LogP contribution < -0.4 is 0 Å². The van der Waals surface area contributed by atoms with E-state index < -0.39 is 5.60 Å². The number of hydrogen-bond donors (Lipinski definition) is 1. The Hall–Kier alpha value is -2.83. The van der Waals surface area contributed by atoms with Gasteiger partial charge in [0, 0.05) is 53.6 Å². The standard InChI is InChI=1S/C22H27N5O2/c1-14-9-15-10-16(12-23-19(15)24-14)17-11-18-22(6-8-27(18)25-17)5-7-26(13-22)20(28)29-21(2,3)4/h9-12H,5-8,13H2,1-4H3,(H,23,24). The average Bonchev–Trinajstić information content (AvgIpc) is 3.38. The Morgan fingerprint density at radius 2 is 2.00 bits per heavy atom. The summed E-state index contributed by atoms with van der Waals surface area (Å²) in [5.41, 5.74) is 4.70. The Morgan fingerprint density at radius 1 is 1.21 bits per heavy atom. The summed E-state index contributed by atoms with van der Waals surface area (Å²) in [6, 6.07) is 6.43. The summed E-state index contributed by atoms with van der Waals surface area (Å²) >= 11 is 0. The summed E-state index contributed by atoms with van der Waals surface area (Å²) in [5, 5.41) is 5.95. The van der Waals surface area contributed by atoms with Crippen LogP contribution >= 0.6 is 0 Å². The minimum absolute atomic E-state index is 0.0235. The molecule has 0 bridgehead atoms. The first-order valence-corrected chi connectivity index (χ1v) is 10.2. The van der Waals surface area contributed by atoms with Gasteiger partial charge in [0.1, 0.15) is 11.2 Å². The molecule has 1 saturated heterocycles. The van der Waals surface area contributed by atoms with E-state index in [9.17, 15) is 4.79 Å². The molecule has 152 valence electrons. The number of likely N-dealkylation sites (tertiary alicyclic amines) is 1. The van der Waals surface area contributed by atoms with E-state index in [1.165, 1.54) is 5.69 Å². The van der Waals surface area contributed by atoms with Crippen LogP contribution in [-0.2, 0) is 16.7 Å². The molecule has 29 heavy (non-hydrogen) atoms. The van der Waals surface area contributed by atoms with E-state index in [0.29, 0.717) is 6.54 Å². The molecule has 1 N–H and O–H groups in total. The topological polar surface area (TPSA) is 76.0 Å². The molecule has 5 rings (SSSR count). The molecule has 5 heterocycles. The second kappa shape index (κ2) is 6.08. The maximum absolute atomic E-state index is 12.5. The number of aromatic amines is 1. The first-order chi connectivity index (χ1) is 13.7. The molecule has 1 spiro atoms. The summed E-state index contributed by atoms with van der Waals surface area (Å²) in [5.74, 6) is 0. The predicted octanol–water partition coefficient (Wildman–Crippen LogP) is 4.02. The lowest BCUT2D eigenvalue weighted by molar-refractivity contribution is 0.0284. The number of nitrogens with one attached hydrogen (secondary N) is 1. The van der Waals surface area contributed by atoms with Crippen LogP contribution in [0.4, 0.5) is 4.79 Å². The molecule has 0 radical (unpaired) electrons. The smallest absolute Gasteiger partial charge is 0.410 e. The number of carbonyl (C=O) groups excluding carboxylic acids is 1. The summed E-state index contributed by atoms with van der Waals surface area (Å²) in [6.45, 7) is 10.1. The van der Waals surface area contributed by atoms with Crippen LogP contribution in [-0.4, -0.2) is 49.4 Å². The van der Waals surface area contributed by atoms with Crippen LogP contribution in [0.3, 0.4) is 0 Å². The number of pyridine rings is 1. The zero-order valence-electron chi connectivity index (χ0n) is 17.5. The van der Waals surface area contributed by atoms with Crippen molar-refractivity contribution in [3.05, 3.63) is 35.8 Å². The number of carbonyl (C=O) groups is 1. The number of nitrogens with zero attached hydrogens (tertiary/aromatic N) is 4. The third-order valence-corrected chi connectivity index (χ3v) is 6.03. The van der Waals surface area contributed by atoms with Gasteiger partial charge in [-0.3, -0.25) is 4.68 Å². The number of amides is 1. The van der Waals surface area contributed by atoms with Gasteiger partial charge in [-0.25, -0.2) is 9.78 Å². The van der Waals surface area contributed by atoms with Crippen LogP contribution in [0.15, 0.2) is 24.4 Å². The largest absolute Gasteiger partial charge is 0.444 e. The minimum Gasteiger partial charge on any atom is -0.444 e. The molecule has 0 aromatic carbocycles. The zero-order chi connectivity index (χ0) is 20.4. The highest BCUT2D eigenvalue weighted by Gasteiger charge is 2.47. The highest BCUT2D eigenvalue weighted by molar-refractivity contribution is 5.81. The van der Waals surface area contributed by atoms with E-state index in [1.54, 1.807) is 0 Å². The summed E-state index contributed by atoms with van der Waals surface area (Å²) in [6.07, 6.45) is 3.63. The Labute approximate surface area is 170 Å². The lowest BCUT2D eigenvalue weighted by atomic mass is 9.82. The van der Waals surface area contributed by atoms with Crippen LogP contribution in [0.5, 0.6) is 0 Å². The van der Waals surface area contributed by atoms with Gasteiger partial charge in [-0.1, -0.05) is 0 Å². The van der Waals surface area contributed by atoms with Gasteiger partial charge in [0.25, 0.3) is 0 Å². The van der Waals surface area contributed by atoms with Crippen molar-refractivity contribution in [2.24, 2.45) is 0 Å². The number of H-pyrrole nitrogens is 1. The van der Waals surface area contributed by atoms with Gasteiger partial charge in [-0.15, -0.1) is 0 Å². The quantitative estimate of drug-likeness (QED) is 0.678. The van der Waals surface area contributed by atoms with E-state index >= 15 is 0 Å². The molecule has 3 aromatic heterocycles. The van der Waals surface area contributed by atoms with Gasteiger partial charge < -0.3 is 14.6 Å². The van der Waals surface area contributed by atoms with Crippen molar-refractivity contribution in [2.45, 2.75) is 58.1 Å². The van der Waals surface area contributed by atoms with Gasteiger partial charge in [0.05, 0.1) is 5.69 Å². The fourth-order valence-corrected chi connectivity index (χ4v) is 4.66. The number of hydrogen-bond acceptors (Lipinski definition) is 4. The predicted molar refractivity (Wildman–Crippen MR) is 111 cm³/mol. The first-order valence-electron chi connectivity index (χ1n) is 10.2. The van der Waals surface area contributed by atoms with Crippen LogP contribution in [0, 0.1) is 6.92 Å². The van der Waals surface area contributed by atoms with Crippen molar-refractivity contribution in [1.82, 2.24) is 24.6 Å². The fourth-order valence-electron chi connectivity index (χ4n) is 4.66. The summed E-state index contributed by atoms with van der Waals surface area (Å²) in [7, 11) is 0. The SMILES string of the molecule is Cc1cc2cc(-c3cc4n(n3)CCC43CCN(C(=O)OC(C)(C)C)C3)cnc2[nH]1. The molecule has 0 saturated carbocycles. The third kappa shape index (κ3) is 3.09. The van der Waals surface area contributed by atoms with E-state index in [0.717, 1.165) is 53.9 Å². The van der Waals surface area contributed by atoms with E-state index in [1.807, 2.05) is 38.8 Å². The second-order valence-corrected chi connectivity index (χ2v) is 9.43. The molecule has 7 nitrogen and oxygen atoms in total. The number of rotatable bonds is 1. The third-order valence-electron chi connectivity index (χ3n) is 6.03. The molecular weight excluding hydrogens is 366 g/mol. The van der Waals surface area contributed by atoms with Crippen molar-refractivity contribution >= 4 is 17.1 Å². The van der Waals surface area contributed by atoms with Crippen LogP contribution in [0.2, 0.25) is 0 Å². The van der Waals surface area contributed by atoms with Gasteiger partial charge in [0.2, 0.25) is 0 Å². The van der Waals surface area contributed by atoms with Crippen molar-refractivity contribution in [3.8, 4) is 11.3 Å². The summed E-state index contributed by atoms with van der Waals surface area (Å²) in [4.78, 5) is 22.2. The Kier molecular flexibility index (Phi) is 3.82. The number of ether oxygens (including phenoxy) is 1. The number of aryl methyl sites for hydroxylation is 2. The Morgan fingerprint density at radius 3 is 2.79 bits per heavy atom. The number of fused-ring (bicyclic) bond motifs is 3. The van der Waals surface area contributed by atoms with Crippen molar-refractivity contribution < 1.29 is 9.53 Å². The lowest BCUT2D eigenvalue weighted by Crippen LogP contribution is -2.37. The van der Waals surface area contributed by atoms with Gasteiger partial charge in [0.15, 0.2) is 0 Å². The molecule has 1 atom stereocenters. The molecule has 7 heteroatoms. The molecule has 3 aromatic rings. The molecule has 2 aliphatic rings. The fraction of sp³-hybridized carbons (Fsp3) is 0.500. The van der Waals surface area contributed by atoms with Crippen molar-refractivity contribution in [2.75, 3.05) is 13.1 Å². The Balaban J connectivity index is 1.42. The van der Waals surface area contributed by atoms with Gasteiger partial charge in [-0.05, 0) is 58.7 Å². The molecule has 0 aliphatic carbocycles. The molecule has 1 unspecified atom stereocenters. The first kappa shape index (κ1) is 18.2. The Bertz CT molecular complexity index is 1110. The van der Waals surface area contributed by atoms with Crippen molar-refractivity contribution in [1.29, 1.82) is 0 Å². The van der Waals surface area contributed by atoms with Gasteiger partial charge in [-0.2, -0.15) is 5.10 Å². The second-order valence-electron chi connectivity index (χ2n) is 9.43. The monoisotopic (exact) mass is 393 g/mol. The zero-order valence-corrected chi connectivity index (χ0v) is 17.5. The minimum atomic E-state index is -0.473. The van der Waals surface area contributed by atoms with E-state index in [2.05, 4.69) is 32.8 Å². The molecule has 1 amide bonds. The van der Waals surface area contributed by atoms with Crippen LogP contribution in [0.1, 0.15) is 45.0 Å². The highest BCUT2D eigenvalue weighted by atomic mass is 16.6. The lowest BCUT2D eigenvalue weighted by Gasteiger charge is -2.26. The molecular formula is C22H27N5O2. The average molecular weight is 393 g/mol. The van der Waals surface area contributed by atoms with Crippen molar-refractivity contribution in [3.63, 3.8) is 0 Å². The number of aromatic nitrogens is 4. The van der Waals surface area contributed by atoms with Crippen LogP contribution in [0.25, 0.3) is 22.3 Å². The maximum Gasteiger partial charge on any atom is 0.410 e. The van der Waals surface area contributed by atoms with Gasteiger partial charge >= 0.3 is 6.09 Å². The maximum atomic E-state index is 12.5. The normalized spacial score (nSPS) is 21.3.